The third-order valence-electron chi connectivity index (χ3n) is 5.73. The van der Waals surface area contributed by atoms with Gasteiger partial charge in [0.05, 0.1) is 26.7 Å². The zero-order valence-corrected chi connectivity index (χ0v) is 15.2. The second-order valence-electron chi connectivity index (χ2n) is 7.10. The minimum Gasteiger partial charge on any atom is -0.493 e. The van der Waals surface area contributed by atoms with E-state index in [1.807, 2.05) is 24.3 Å². The maximum atomic E-state index is 12.3. The van der Waals surface area contributed by atoms with Crippen molar-refractivity contribution in [3.05, 3.63) is 35.4 Å². The second kappa shape index (κ2) is 6.08. The van der Waals surface area contributed by atoms with Crippen molar-refractivity contribution in [3.63, 3.8) is 0 Å². The Morgan fingerprint density at radius 3 is 2.56 bits per heavy atom. The molecule has 2 aromatic rings. The maximum absolute atomic E-state index is 12.3. The molecule has 0 bridgehead atoms. The fraction of sp³-hybridized carbons (Fsp3) is 0.381. The number of carbonyl (C=O) groups excluding carboxylic acids is 1. The summed E-state index contributed by atoms with van der Waals surface area (Å²) in [5.41, 5.74) is 4.12. The Bertz CT molecular complexity index is 935. The Balaban J connectivity index is 1.78. The van der Waals surface area contributed by atoms with Crippen molar-refractivity contribution in [2.75, 3.05) is 27.6 Å². The molecular weight excluding hydrogens is 348 g/mol. The van der Waals surface area contributed by atoms with Crippen molar-refractivity contribution in [3.8, 4) is 34.1 Å². The van der Waals surface area contributed by atoms with Gasteiger partial charge in [0.2, 0.25) is 6.79 Å². The summed E-state index contributed by atoms with van der Waals surface area (Å²) in [7, 11) is 3.26. The van der Waals surface area contributed by atoms with Gasteiger partial charge in [-0.15, -0.1) is 0 Å². The smallest absolute Gasteiger partial charge is 0.309 e. The average Bonchev–Trinajstić information content (AvgIpc) is 3.26. The first kappa shape index (κ1) is 16.3. The summed E-state index contributed by atoms with van der Waals surface area (Å²) < 4.78 is 27.8. The predicted octanol–water partition coefficient (Wildman–Crippen LogP) is 2.99. The molecule has 0 saturated carbocycles. The molecule has 0 spiro atoms. The molecule has 5 rings (SSSR count). The van der Waals surface area contributed by atoms with Crippen molar-refractivity contribution >= 4 is 5.97 Å². The van der Waals surface area contributed by atoms with E-state index in [2.05, 4.69) is 0 Å². The number of fused-ring (bicyclic) bond motifs is 5. The molecule has 1 saturated heterocycles. The van der Waals surface area contributed by atoms with Crippen molar-refractivity contribution < 1.29 is 28.5 Å². The number of benzene rings is 2. The molecular formula is C21H20O6. The van der Waals surface area contributed by atoms with Crippen molar-refractivity contribution in [1.82, 2.24) is 0 Å². The van der Waals surface area contributed by atoms with Gasteiger partial charge in [-0.25, -0.2) is 0 Å². The van der Waals surface area contributed by atoms with E-state index in [9.17, 15) is 4.79 Å². The lowest BCUT2D eigenvalue weighted by Gasteiger charge is -2.26. The Labute approximate surface area is 156 Å². The first-order valence-corrected chi connectivity index (χ1v) is 9.03. The minimum atomic E-state index is -0.152. The van der Waals surface area contributed by atoms with E-state index < -0.39 is 0 Å². The van der Waals surface area contributed by atoms with Crippen LogP contribution >= 0.6 is 0 Å². The van der Waals surface area contributed by atoms with E-state index in [1.54, 1.807) is 14.2 Å². The van der Waals surface area contributed by atoms with Gasteiger partial charge in [0.15, 0.2) is 23.0 Å². The van der Waals surface area contributed by atoms with E-state index in [0.29, 0.717) is 24.5 Å². The summed E-state index contributed by atoms with van der Waals surface area (Å²) in [6.45, 7) is 0.675. The van der Waals surface area contributed by atoms with Crippen LogP contribution in [-0.4, -0.2) is 33.6 Å². The summed E-state index contributed by atoms with van der Waals surface area (Å²) in [5.74, 6) is 2.66. The molecule has 2 heterocycles. The molecule has 0 aromatic heterocycles. The van der Waals surface area contributed by atoms with Crippen LogP contribution in [0.3, 0.4) is 0 Å². The normalized spacial score (nSPS) is 22.1. The van der Waals surface area contributed by atoms with Gasteiger partial charge >= 0.3 is 5.97 Å². The van der Waals surface area contributed by atoms with Gasteiger partial charge in [-0.1, -0.05) is 6.07 Å². The fourth-order valence-corrected chi connectivity index (χ4v) is 4.39. The number of methoxy groups -OCH3 is 2. The third-order valence-corrected chi connectivity index (χ3v) is 5.73. The SMILES string of the molecule is COc1ccc2c(c1OC)-c1cc3c(cc1CC1COC(=O)C1C2)OCO3. The van der Waals surface area contributed by atoms with Crippen LogP contribution in [0.1, 0.15) is 11.1 Å². The Hall–Kier alpha value is -2.89. The summed E-state index contributed by atoms with van der Waals surface area (Å²) in [4.78, 5) is 12.3. The van der Waals surface area contributed by atoms with Gasteiger partial charge in [0, 0.05) is 11.5 Å². The quantitative estimate of drug-likeness (QED) is 0.760. The summed E-state index contributed by atoms with van der Waals surface area (Å²) >= 11 is 0. The van der Waals surface area contributed by atoms with Crippen molar-refractivity contribution in [2.24, 2.45) is 11.8 Å². The van der Waals surface area contributed by atoms with Crippen LogP contribution in [0.25, 0.3) is 11.1 Å². The van der Waals surface area contributed by atoms with Gasteiger partial charge in [-0.05, 0) is 47.7 Å². The highest BCUT2D eigenvalue weighted by atomic mass is 16.7. The van der Waals surface area contributed by atoms with Crippen molar-refractivity contribution in [2.45, 2.75) is 12.8 Å². The van der Waals surface area contributed by atoms with Crippen LogP contribution in [0, 0.1) is 11.8 Å². The standard InChI is InChI=1S/C21H20O6/c1-23-16-4-3-11-6-15-13(9-25-21(15)22)5-12-7-17-18(27-10-26-17)8-14(12)19(11)20(16)24-2/h3-4,7-8,13,15H,5-6,9-10H2,1-2H3. The van der Waals surface area contributed by atoms with Crippen LogP contribution in [0.5, 0.6) is 23.0 Å². The van der Waals surface area contributed by atoms with Crippen LogP contribution in [0.4, 0.5) is 0 Å². The maximum Gasteiger partial charge on any atom is 0.309 e. The first-order chi connectivity index (χ1) is 13.2. The molecule has 0 amide bonds. The highest BCUT2D eigenvalue weighted by Gasteiger charge is 2.40. The van der Waals surface area contributed by atoms with Crippen LogP contribution in [-0.2, 0) is 22.4 Å². The molecule has 1 aliphatic carbocycles. The lowest BCUT2D eigenvalue weighted by Crippen LogP contribution is -2.23. The zero-order chi connectivity index (χ0) is 18.5. The fourth-order valence-electron chi connectivity index (χ4n) is 4.39. The lowest BCUT2D eigenvalue weighted by atomic mass is 9.78. The number of cyclic esters (lactones) is 1. The zero-order valence-electron chi connectivity index (χ0n) is 15.2. The lowest BCUT2D eigenvalue weighted by molar-refractivity contribution is -0.141. The molecule has 2 aromatic carbocycles. The number of rotatable bonds is 2. The van der Waals surface area contributed by atoms with E-state index in [1.165, 1.54) is 0 Å². The van der Waals surface area contributed by atoms with Crippen LogP contribution in [0.2, 0.25) is 0 Å². The molecule has 6 nitrogen and oxygen atoms in total. The Kier molecular flexibility index (Phi) is 3.67. The second-order valence-corrected chi connectivity index (χ2v) is 7.10. The first-order valence-electron chi connectivity index (χ1n) is 9.03. The summed E-state index contributed by atoms with van der Waals surface area (Å²) in [5, 5.41) is 0. The van der Waals surface area contributed by atoms with Gasteiger partial charge in [0.25, 0.3) is 0 Å². The number of ether oxygens (including phenoxy) is 5. The monoisotopic (exact) mass is 368 g/mol. The highest BCUT2D eigenvalue weighted by molar-refractivity contribution is 5.84. The predicted molar refractivity (Wildman–Crippen MR) is 96.5 cm³/mol. The Morgan fingerprint density at radius 1 is 0.963 bits per heavy atom. The van der Waals surface area contributed by atoms with Crippen molar-refractivity contribution in [1.29, 1.82) is 0 Å². The number of carbonyl (C=O) groups is 1. The summed E-state index contributed by atoms with van der Waals surface area (Å²) in [6.07, 6.45) is 1.36. The molecule has 2 unspecified atom stereocenters. The molecule has 2 aliphatic heterocycles. The molecule has 3 aliphatic rings. The van der Waals surface area contributed by atoms with Gasteiger partial charge in [0.1, 0.15) is 0 Å². The van der Waals surface area contributed by atoms with E-state index in [0.717, 1.165) is 40.2 Å². The van der Waals surface area contributed by atoms with E-state index in [4.69, 9.17) is 23.7 Å². The molecule has 2 atom stereocenters. The molecule has 6 heteroatoms. The molecule has 27 heavy (non-hydrogen) atoms. The van der Waals surface area contributed by atoms with Gasteiger partial charge < -0.3 is 23.7 Å². The van der Waals surface area contributed by atoms with Gasteiger partial charge in [-0.2, -0.15) is 0 Å². The van der Waals surface area contributed by atoms with Crippen LogP contribution < -0.4 is 18.9 Å². The number of hydrogen-bond acceptors (Lipinski definition) is 6. The van der Waals surface area contributed by atoms with E-state index in [-0.39, 0.29) is 24.6 Å². The molecule has 140 valence electrons. The minimum absolute atomic E-state index is 0.120. The third kappa shape index (κ3) is 2.43. The topological polar surface area (TPSA) is 63.2 Å². The Morgan fingerprint density at radius 2 is 1.78 bits per heavy atom. The largest absolute Gasteiger partial charge is 0.493 e. The van der Waals surface area contributed by atoms with E-state index >= 15 is 0 Å². The van der Waals surface area contributed by atoms with Crippen LogP contribution in [0.15, 0.2) is 24.3 Å². The number of hydrogen-bond donors (Lipinski definition) is 0. The highest BCUT2D eigenvalue weighted by Crippen LogP contribution is 2.49. The molecule has 0 N–H and O–H groups in total. The molecule has 0 radical (unpaired) electrons. The molecule has 1 fully saturated rings. The number of esters is 1. The van der Waals surface area contributed by atoms with Gasteiger partial charge in [-0.3, -0.25) is 4.79 Å². The average molecular weight is 368 g/mol. The summed E-state index contributed by atoms with van der Waals surface area (Å²) in [6, 6.07) is 7.93.